The fraction of sp³-hybridized carbons (Fsp3) is 0.500. The van der Waals surface area contributed by atoms with Crippen LogP contribution in [-0.4, -0.2) is 68.1 Å². The lowest BCUT2D eigenvalue weighted by Gasteiger charge is -2.34. The van der Waals surface area contributed by atoms with Gasteiger partial charge < -0.3 is 19.9 Å². The molecular formula is C16H23ClFN3O3. The molecule has 8 heteroatoms. The van der Waals surface area contributed by atoms with Crippen LogP contribution >= 0.6 is 12.4 Å². The van der Waals surface area contributed by atoms with E-state index in [-0.39, 0.29) is 43.1 Å². The number of carbonyl (C=O) groups excluding carboxylic acids is 2. The number of rotatable bonds is 7. The molecule has 0 bridgehead atoms. The number of ether oxygens (including phenoxy) is 1. The highest BCUT2D eigenvalue weighted by atomic mass is 35.5. The second-order valence-electron chi connectivity index (χ2n) is 5.43. The fourth-order valence-corrected chi connectivity index (χ4v) is 2.43. The molecule has 0 unspecified atom stereocenters. The SMILES string of the molecule is COCCNCC(=O)N1CCN(Cc2cccc(F)c2)C(=O)C1.Cl. The zero-order valence-corrected chi connectivity index (χ0v) is 14.5. The van der Waals surface area contributed by atoms with Crippen LogP contribution in [0.4, 0.5) is 4.39 Å². The highest BCUT2D eigenvalue weighted by Gasteiger charge is 2.26. The molecule has 0 spiro atoms. The van der Waals surface area contributed by atoms with Crippen molar-refractivity contribution in [2.24, 2.45) is 0 Å². The van der Waals surface area contributed by atoms with E-state index in [1.807, 2.05) is 0 Å². The fourth-order valence-electron chi connectivity index (χ4n) is 2.43. The number of amides is 2. The Morgan fingerprint density at radius 2 is 2.17 bits per heavy atom. The van der Waals surface area contributed by atoms with E-state index in [1.54, 1.807) is 29.0 Å². The molecule has 2 amide bonds. The molecule has 1 aromatic rings. The summed E-state index contributed by atoms with van der Waals surface area (Å²) in [6.07, 6.45) is 0. The molecule has 1 N–H and O–H groups in total. The molecule has 1 aliphatic heterocycles. The minimum Gasteiger partial charge on any atom is -0.383 e. The van der Waals surface area contributed by atoms with Crippen LogP contribution in [0.1, 0.15) is 5.56 Å². The Bertz CT molecular complexity index is 559. The molecule has 6 nitrogen and oxygen atoms in total. The molecule has 2 rings (SSSR count). The van der Waals surface area contributed by atoms with Crippen molar-refractivity contribution in [1.29, 1.82) is 0 Å². The Morgan fingerprint density at radius 3 is 2.83 bits per heavy atom. The van der Waals surface area contributed by atoms with E-state index in [0.29, 0.717) is 32.8 Å². The predicted molar refractivity (Wildman–Crippen MR) is 90.4 cm³/mol. The van der Waals surface area contributed by atoms with E-state index in [2.05, 4.69) is 5.32 Å². The van der Waals surface area contributed by atoms with Crippen molar-refractivity contribution in [3.05, 3.63) is 35.6 Å². The van der Waals surface area contributed by atoms with Gasteiger partial charge in [-0.15, -0.1) is 12.4 Å². The van der Waals surface area contributed by atoms with Gasteiger partial charge in [0.15, 0.2) is 0 Å². The predicted octanol–water partition coefficient (Wildman–Crippen LogP) is 0.654. The largest absolute Gasteiger partial charge is 0.383 e. The summed E-state index contributed by atoms with van der Waals surface area (Å²) in [6, 6.07) is 6.21. The van der Waals surface area contributed by atoms with Crippen molar-refractivity contribution in [3.8, 4) is 0 Å². The van der Waals surface area contributed by atoms with Crippen molar-refractivity contribution < 1.29 is 18.7 Å². The van der Waals surface area contributed by atoms with E-state index < -0.39 is 0 Å². The summed E-state index contributed by atoms with van der Waals surface area (Å²) < 4.78 is 18.1. The van der Waals surface area contributed by atoms with Gasteiger partial charge in [-0.3, -0.25) is 9.59 Å². The van der Waals surface area contributed by atoms with Gasteiger partial charge in [0.05, 0.1) is 19.7 Å². The Hall–Kier alpha value is -1.70. The van der Waals surface area contributed by atoms with Crippen LogP contribution < -0.4 is 5.32 Å². The highest BCUT2D eigenvalue weighted by molar-refractivity contribution is 5.86. The summed E-state index contributed by atoms with van der Waals surface area (Å²) in [4.78, 5) is 27.4. The van der Waals surface area contributed by atoms with Gasteiger partial charge in [0.2, 0.25) is 11.8 Å². The van der Waals surface area contributed by atoms with Crippen LogP contribution in [0.3, 0.4) is 0 Å². The van der Waals surface area contributed by atoms with Crippen molar-refractivity contribution in [3.63, 3.8) is 0 Å². The summed E-state index contributed by atoms with van der Waals surface area (Å²) in [5.74, 6) is -0.531. The minimum atomic E-state index is -0.314. The lowest BCUT2D eigenvalue weighted by atomic mass is 10.2. The van der Waals surface area contributed by atoms with Gasteiger partial charge in [-0.25, -0.2) is 4.39 Å². The van der Waals surface area contributed by atoms with Gasteiger partial charge in [-0.2, -0.15) is 0 Å². The van der Waals surface area contributed by atoms with E-state index in [4.69, 9.17) is 4.74 Å². The molecule has 0 aliphatic carbocycles. The Morgan fingerprint density at radius 1 is 1.38 bits per heavy atom. The summed E-state index contributed by atoms with van der Waals surface area (Å²) in [5.41, 5.74) is 0.749. The maximum Gasteiger partial charge on any atom is 0.242 e. The summed E-state index contributed by atoms with van der Waals surface area (Å²) in [7, 11) is 1.60. The van der Waals surface area contributed by atoms with Crippen LogP contribution in [0.2, 0.25) is 0 Å². The van der Waals surface area contributed by atoms with Crippen molar-refractivity contribution in [2.75, 3.05) is 46.4 Å². The van der Waals surface area contributed by atoms with Gasteiger partial charge >= 0.3 is 0 Å². The Kier molecular flexibility index (Phi) is 8.67. The van der Waals surface area contributed by atoms with E-state index in [0.717, 1.165) is 5.56 Å². The van der Waals surface area contributed by atoms with E-state index in [9.17, 15) is 14.0 Å². The first-order valence-electron chi connectivity index (χ1n) is 7.60. The first-order valence-corrected chi connectivity index (χ1v) is 7.60. The Balaban J connectivity index is 0.00000288. The molecule has 1 saturated heterocycles. The summed E-state index contributed by atoms with van der Waals surface area (Å²) in [6.45, 7) is 2.71. The van der Waals surface area contributed by atoms with Gasteiger partial charge in [0.25, 0.3) is 0 Å². The van der Waals surface area contributed by atoms with Crippen LogP contribution in [-0.2, 0) is 20.9 Å². The van der Waals surface area contributed by atoms with Crippen LogP contribution in [0.15, 0.2) is 24.3 Å². The molecule has 1 fully saturated rings. The number of nitrogens with one attached hydrogen (secondary N) is 1. The number of benzene rings is 1. The maximum atomic E-state index is 13.2. The quantitative estimate of drug-likeness (QED) is 0.726. The second-order valence-corrected chi connectivity index (χ2v) is 5.43. The molecule has 1 aromatic carbocycles. The molecule has 0 saturated carbocycles. The molecule has 1 aliphatic rings. The highest BCUT2D eigenvalue weighted by Crippen LogP contribution is 2.11. The first kappa shape index (κ1) is 20.3. The lowest BCUT2D eigenvalue weighted by molar-refractivity contribution is -0.145. The van der Waals surface area contributed by atoms with Crippen LogP contribution in [0, 0.1) is 5.82 Å². The van der Waals surface area contributed by atoms with Crippen molar-refractivity contribution in [1.82, 2.24) is 15.1 Å². The molecule has 0 radical (unpaired) electrons. The average Bonchev–Trinajstić information content (AvgIpc) is 2.53. The molecule has 1 heterocycles. The number of hydrogen-bond acceptors (Lipinski definition) is 4. The third-order valence-electron chi connectivity index (χ3n) is 3.69. The van der Waals surface area contributed by atoms with Gasteiger partial charge in [0.1, 0.15) is 5.82 Å². The molecule has 0 atom stereocenters. The molecule has 0 aromatic heterocycles. The normalized spacial score (nSPS) is 14.5. The first-order chi connectivity index (χ1) is 11.1. The number of piperazine rings is 1. The van der Waals surface area contributed by atoms with Crippen molar-refractivity contribution in [2.45, 2.75) is 6.54 Å². The summed E-state index contributed by atoms with van der Waals surface area (Å²) >= 11 is 0. The monoisotopic (exact) mass is 359 g/mol. The van der Waals surface area contributed by atoms with Crippen LogP contribution in [0.5, 0.6) is 0 Å². The number of methoxy groups -OCH3 is 1. The van der Waals surface area contributed by atoms with Gasteiger partial charge in [-0.05, 0) is 17.7 Å². The average molecular weight is 360 g/mol. The standard InChI is InChI=1S/C16H22FN3O3.ClH/c1-23-8-5-18-10-15(21)20-7-6-19(16(22)12-20)11-13-3-2-4-14(17)9-13;/h2-4,9,18H,5-8,10-12H2,1H3;1H. The molecule has 24 heavy (non-hydrogen) atoms. The number of hydrogen-bond donors (Lipinski definition) is 1. The third-order valence-corrected chi connectivity index (χ3v) is 3.69. The summed E-state index contributed by atoms with van der Waals surface area (Å²) in [5, 5.41) is 2.97. The number of nitrogens with zero attached hydrogens (tertiary/aromatic N) is 2. The van der Waals surface area contributed by atoms with E-state index >= 15 is 0 Å². The number of halogens is 2. The van der Waals surface area contributed by atoms with E-state index in [1.165, 1.54) is 12.1 Å². The lowest BCUT2D eigenvalue weighted by Crippen LogP contribution is -2.53. The van der Waals surface area contributed by atoms with Gasteiger partial charge in [0, 0.05) is 33.3 Å². The molecule has 134 valence electrons. The smallest absolute Gasteiger partial charge is 0.242 e. The van der Waals surface area contributed by atoms with Crippen molar-refractivity contribution >= 4 is 24.2 Å². The zero-order valence-electron chi connectivity index (χ0n) is 13.7. The number of carbonyl (C=O) groups is 2. The Labute approximate surface area is 147 Å². The van der Waals surface area contributed by atoms with Gasteiger partial charge in [-0.1, -0.05) is 12.1 Å². The van der Waals surface area contributed by atoms with Crippen LogP contribution in [0.25, 0.3) is 0 Å². The maximum absolute atomic E-state index is 13.2. The topological polar surface area (TPSA) is 61.9 Å². The zero-order chi connectivity index (χ0) is 16.7. The second kappa shape index (κ2) is 10.2. The molecular weight excluding hydrogens is 337 g/mol. The minimum absolute atomic E-state index is 0. The third kappa shape index (κ3) is 6.07.